The number of carbonyl (C=O) groups is 1. The molecule has 6 nitrogen and oxygen atoms in total. The molecule has 1 heterocycles. The summed E-state index contributed by atoms with van der Waals surface area (Å²) >= 11 is 7.13. The maximum atomic E-state index is 11.6. The number of amides is 1. The normalized spacial score (nSPS) is 10.8. The van der Waals surface area contributed by atoms with Crippen molar-refractivity contribution in [3.05, 3.63) is 29.3 Å². The van der Waals surface area contributed by atoms with Crippen molar-refractivity contribution in [2.24, 2.45) is 0 Å². The molecule has 0 aliphatic carbocycles. The third kappa shape index (κ3) is 3.94. The summed E-state index contributed by atoms with van der Waals surface area (Å²) in [4.78, 5) is 11.6. The first-order chi connectivity index (χ1) is 9.56. The van der Waals surface area contributed by atoms with E-state index >= 15 is 0 Å². The molecule has 0 saturated heterocycles. The first kappa shape index (κ1) is 14.8. The molecule has 0 aliphatic heterocycles. The van der Waals surface area contributed by atoms with Gasteiger partial charge in [-0.1, -0.05) is 23.4 Å². The fourth-order valence-corrected chi connectivity index (χ4v) is 2.33. The van der Waals surface area contributed by atoms with E-state index in [0.29, 0.717) is 10.2 Å². The van der Waals surface area contributed by atoms with Crippen molar-refractivity contribution in [3.63, 3.8) is 0 Å². The Balaban J connectivity index is 2.05. The van der Waals surface area contributed by atoms with Crippen LogP contribution in [0.5, 0.6) is 0 Å². The molecule has 0 spiro atoms. The van der Waals surface area contributed by atoms with Crippen molar-refractivity contribution >= 4 is 29.3 Å². The van der Waals surface area contributed by atoms with Crippen LogP contribution in [-0.2, 0) is 4.79 Å². The van der Waals surface area contributed by atoms with Crippen LogP contribution < -0.4 is 5.32 Å². The summed E-state index contributed by atoms with van der Waals surface area (Å²) in [6.07, 6.45) is 0. The van der Waals surface area contributed by atoms with Gasteiger partial charge in [-0.25, -0.2) is 0 Å². The molecule has 0 bridgehead atoms. The predicted molar refractivity (Wildman–Crippen MR) is 78.2 cm³/mol. The predicted octanol–water partition coefficient (Wildman–Crippen LogP) is 1.93. The minimum absolute atomic E-state index is 0.0457. The van der Waals surface area contributed by atoms with Gasteiger partial charge in [-0.15, -0.1) is 5.10 Å². The number of nitrogens with one attached hydrogen (secondary N) is 1. The van der Waals surface area contributed by atoms with Gasteiger partial charge in [0, 0.05) is 11.1 Å². The molecule has 0 aliphatic rings. The molecule has 20 heavy (non-hydrogen) atoms. The van der Waals surface area contributed by atoms with Gasteiger partial charge in [0.1, 0.15) is 0 Å². The summed E-state index contributed by atoms with van der Waals surface area (Å²) < 4.78 is 1.57. The van der Waals surface area contributed by atoms with Gasteiger partial charge < -0.3 is 5.32 Å². The molecule has 1 aromatic carbocycles. The van der Waals surface area contributed by atoms with Gasteiger partial charge in [0.2, 0.25) is 11.1 Å². The number of thioether (sulfide) groups is 1. The van der Waals surface area contributed by atoms with Crippen LogP contribution in [0.25, 0.3) is 5.69 Å². The first-order valence-electron chi connectivity index (χ1n) is 6.03. The zero-order valence-electron chi connectivity index (χ0n) is 11.1. The second kappa shape index (κ2) is 6.71. The Morgan fingerprint density at radius 1 is 1.40 bits per heavy atom. The zero-order valence-corrected chi connectivity index (χ0v) is 12.6. The van der Waals surface area contributed by atoms with Gasteiger partial charge in [0.15, 0.2) is 0 Å². The highest BCUT2D eigenvalue weighted by molar-refractivity contribution is 7.99. The summed E-state index contributed by atoms with van der Waals surface area (Å²) in [5.41, 5.74) is 0.797. The van der Waals surface area contributed by atoms with Gasteiger partial charge >= 0.3 is 0 Å². The lowest BCUT2D eigenvalue weighted by Gasteiger charge is -2.07. The minimum Gasteiger partial charge on any atom is -0.353 e. The number of aromatic nitrogens is 4. The summed E-state index contributed by atoms with van der Waals surface area (Å²) in [5.74, 6) is 0.224. The highest BCUT2D eigenvalue weighted by Crippen LogP contribution is 2.19. The van der Waals surface area contributed by atoms with Crippen LogP contribution in [0.3, 0.4) is 0 Å². The lowest BCUT2D eigenvalue weighted by Crippen LogP contribution is -2.31. The van der Waals surface area contributed by atoms with E-state index in [1.165, 1.54) is 11.8 Å². The zero-order chi connectivity index (χ0) is 14.5. The van der Waals surface area contributed by atoms with Crippen molar-refractivity contribution in [1.82, 2.24) is 25.5 Å². The van der Waals surface area contributed by atoms with Crippen molar-refractivity contribution in [2.75, 3.05) is 5.75 Å². The van der Waals surface area contributed by atoms with E-state index in [4.69, 9.17) is 11.6 Å². The molecule has 0 atom stereocenters. The van der Waals surface area contributed by atoms with Crippen LogP contribution in [0.4, 0.5) is 0 Å². The molecule has 2 aromatic rings. The molecule has 0 unspecified atom stereocenters. The highest BCUT2D eigenvalue weighted by Gasteiger charge is 2.11. The number of hydrogen-bond donors (Lipinski definition) is 1. The summed E-state index contributed by atoms with van der Waals surface area (Å²) in [7, 11) is 0. The molecule has 0 saturated carbocycles. The quantitative estimate of drug-likeness (QED) is 0.854. The van der Waals surface area contributed by atoms with Gasteiger partial charge in [-0.2, -0.15) is 4.68 Å². The van der Waals surface area contributed by atoms with Crippen molar-refractivity contribution < 1.29 is 4.79 Å². The van der Waals surface area contributed by atoms with Crippen LogP contribution in [0, 0.1) is 0 Å². The number of rotatable bonds is 5. The number of carbonyl (C=O) groups excluding carboxylic acids is 1. The standard InChI is InChI=1S/C12H14ClN5OS/c1-8(2)14-11(19)7-20-12-15-16-17-18(12)10-5-3-9(13)4-6-10/h3-6,8H,7H2,1-2H3,(H,14,19). The second-order valence-corrected chi connectivity index (χ2v) is 5.74. The number of halogens is 1. The van der Waals surface area contributed by atoms with Crippen LogP contribution in [0.15, 0.2) is 29.4 Å². The Labute approximate surface area is 125 Å². The Morgan fingerprint density at radius 3 is 2.75 bits per heavy atom. The molecule has 0 fully saturated rings. The largest absolute Gasteiger partial charge is 0.353 e. The van der Waals surface area contributed by atoms with E-state index < -0.39 is 0 Å². The molecule has 2 rings (SSSR count). The van der Waals surface area contributed by atoms with Crippen molar-refractivity contribution in [3.8, 4) is 5.69 Å². The smallest absolute Gasteiger partial charge is 0.230 e. The number of hydrogen-bond acceptors (Lipinski definition) is 5. The Bertz CT molecular complexity index is 584. The topological polar surface area (TPSA) is 72.7 Å². The second-order valence-electron chi connectivity index (χ2n) is 4.36. The van der Waals surface area contributed by atoms with Gasteiger partial charge in [0.05, 0.1) is 11.4 Å². The van der Waals surface area contributed by atoms with E-state index in [2.05, 4.69) is 20.8 Å². The lowest BCUT2D eigenvalue weighted by atomic mass is 10.3. The Morgan fingerprint density at radius 2 is 2.10 bits per heavy atom. The van der Waals surface area contributed by atoms with Crippen LogP contribution in [0.2, 0.25) is 5.02 Å². The Kier molecular flexibility index (Phi) is 4.97. The minimum atomic E-state index is -0.0457. The van der Waals surface area contributed by atoms with E-state index in [-0.39, 0.29) is 17.7 Å². The van der Waals surface area contributed by atoms with Crippen molar-refractivity contribution in [1.29, 1.82) is 0 Å². The molecule has 1 aromatic heterocycles. The average molecular weight is 312 g/mol. The van der Waals surface area contributed by atoms with E-state index in [0.717, 1.165) is 5.69 Å². The molecule has 8 heteroatoms. The molecule has 1 amide bonds. The summed E-state index contributed by atoms with van der Waals surface area (Å²) in [5, 5.41) is 15.5. The third-order valence-electron chi connectivity index (χ3n) is 2.29. The SMILES string of the molecule is CC(C)NC(=O)CSc1nnnn1-c1ccc(Cl)cc1. The Hall–Kier alpha value is -1.60. The number of benzene rings is 1. The summed E-state index contributed by atoms with van der Waals surface area (Å²) in [6, 6.07) is 7.28. The molecule has 1 N–H and O–H groups in total. The van der Waals surface area contributed by atoms with Crippen molar-refractivity contribution in [2.45, 2.75) is 25.0 Å². The first-order valence-corrected chi connectivity index (χ1v) is 7.39. The summed E-state index contributed by atoms with van der Waals surface area (Å²) in [6.45, 7) is 3.83. The molecular formula is C12H14ClN5OS. The van der Waals surface area contributed by atoms with E-state index in [9.17, 15) is 4.79 Å². The average Bonchev–Trinajstić information content (AvgIpc) is 2.85. The lowest BCUT2D eigenvalue weighted by molar-refractivity contribution is -0.119. The number of tetrazole rings is 1. The van der Waals surface area contributed by atoms with Gasteiger partial charge in [-0.05, 0) is 48.5 Å². The molecular weight excluding hydrogens is 298 g/mol. The van der Waals surface area contributed by atoms with Crippen LogP contribution >= 0.6 is 23.4 Å². The van der Waals surface area contributed by atoms with Crippen LogP contribution in [0.1, 0.15) is 13.8 Å². The number of nitrogens with zero attached hydrogens (tertiary/aromatic N) is 4. The fraction of sp³-hybridized carbons (Fsp3) is 0.333. The fourth-order valence-electron chi connectivity index (χ4n) is 1.51. The maximum absolute atomic E-state index is 11.6. The monoisotopic (exact) mass is 311 g/mol. The maximum Gasteiger partial charge on any atom is 0.230 e. The van der Waals surface area contributed by atoms with Gasteiger partial charge in [-0.3, -0.25) is 4.79 Å². The van der Waals surface area contributed by atoms with Gasteiger partial charge in [0.25, 0.3) is 0 Å². The molecule has 106 valence electrons. The third-order valence-corrected chi connectivity index (χ3v) is 3.47. The van der Waals surface area contributed by atoms with E-state index in [1.807, 2.05) is 26.0 Å². The van der Waals surface area contributed by atoms with Crippen LogP contribution in [-0.4, -0.2) is 37.9 Å². The highest BCUT2D eigenvalue weighted by atomic mass is 35.5. The molecule has 0 radical (unpaired) electrons. The van der Waals surface area contributed by atoms with E-state index in [1.54, 1.807) is 16.8 Å².